The minimum atomic E-state index is -1.67. The Bertz CT molecular complexity index is 197. The number of carbonyl (C=O) groups is 1. The Morgan fingerprint density at radius 3 is 2.36 bits per heavy atom. The van der Waals surface area contributed by atoms with E-state index in [1.807, 2.05) is 0 Å². The molecule has 0 aliphatic carbocycles. The van der Waals surface area contributed by atoms with Crippen molar-refractivity contribution in [1.82, 2.24) is 0 Å². The van der Waals surface area contributed by atoms with Crippen LogP contribution in [-0.4, -0.2) is 22.4 Å². The van der Waals surface area contributed by atoms with Gasteiger partial charge in [0.15, 0.2) is 5.54 Å². The Morgan fingerprint density at radius 2 is 2.27 bits per heavy atom. The van der Waals surface area contributed by atoms with Crippen molar-refractivity contribution in [2.45, 2.75) is 5.54 Å². The van der Waals surface area contributed by atoms with Gasteiger partial charge < -0.3 is 10.8 Å². The van der Waals surface area contributed by atoms with Crippen LogP contribution in [0.3, 0.4) is 0 Å². The molecule has 3 nitrogen and oxygen atoms in total. The van der Waals surface area contributed by atoms with E-state index in [-0.39, 0.29) is 10.8 Å². The Morgan fingerprint density at radius 1 is 1.82 bits per heavy atom. The number of carboxylic acids is 1. The molecule has 0 aliphatic rings. The maximum atomic E-state index is 10.5. The average molecular weight is 216 g/mol. The Hall–Kier alpha value is 0.1000. The second-order valence-corrected chi connectivity index (χ2v) is 2.83. The number of thiol groups is 1. The molecule has 0 aromatic heterocycles. The standard InChI is InChI=1S/C5H7Cl2NO2S/c6-1-3(7)5(8,2-11)4(9)10/h1,11H,2,8H2,(H,9,10)/t5-/m1/s1. The highest BCUT2D eigenvalue weighted by Gasteiger charge is 2.35. The quantitative estimate of drug-likeness (QED) is 0.617. The molecule has 6 heteroatoms. The van der Waals surface area contributed by atoms with E-state index in [4.69, 9.17) is 34.0 Å². The molecule has 3 N–H and O–H groups in total. The summed E-state index contributed by atoms with van der Waals surface area (Å²) in [5.41, 5.74) is 4.58. The Kier molecular flexibility index (Phi) is 4.25. The maximum absolute atomic E-state index is 10.5. The second kappa shape index (κ2) is 4.21. The van der Waals surface area contributed by atoms with Gasteiger partial charge in [0.1, 0.15) is 0 Å². The van der Waals surface area contributed by atoms with E-state index in [0.717, 1.165) is 5.54 Å². The molecule has 0 aliphatic heterocycles. The fourth-order valence-electron chi connectivity index (χ4n) is 0.343. The first-order chi connectivity index (χ1) is 4.99. The number of aliphatic carboxylic acids is 1. The van der Waals surface area contributed by atoms with Gasteiger partial charge in [-0.2, -0.15) is 12.6 Å². The van der Waals surface area contributed by atoms with Crippen LogP contribution in [0.5, 0.6) is 0 Å². The summed E-state index contributed by atoms with van der Waals surface area (Å²) in [6.45, 7) is 0. The van der Waals surface area contributed by atoms with E-state index in [9.17, 15) is 4.79 Å². The van der Waals surface area contributed by atoms with Crippen molar-refractivity contribution in [2.24, 2.45) is 5.73 Å². The van der Waals surface area contributed by atoms with Crippen LogP contribution >= 0.6 is 35.8 Å². The van der Waals surface area contributed by atoms with Crippen molar-refractivity contribution in [2.75, 3.05) is 5.75 Å². The minimum Gasteiger partial charge on any atom is -0.480 e. The van der Waals surface area contributed by atoms with Crippen LogP contribution in [0, 0.1) is 0 Å². The van der Waals surface area contributed by atoms with Crippen molar-refractivity contribution in [3.05, 3.63) is 10.6 Å². The van der Waals surface area contributed by atoms with Crippen LogP contribution < -0.4 is 5.73 Å². The molecular weight excluding hydrogens is 209 g/mol. The molecule has 0 heterocycles. The molecule has 1 atom stereocenters. The fraction of sp³-hybridized carbons (Fsp3) is 0.400. The first-order valence-corrected chi connectivity index (χ1v) is 4.03. The minimum absolute atomic E-state index is 0.107. The molecule has 0 amide bonds. The van der Waals surface area contributed by atoms with Crippen LogP contribution in [0.25, 0.3) is 0 Å². The van der Waals surface area contributed by atoms with Gasteiger partial charge in [0.05, 0.1) is 5.03 Å². The molecular formula is C5H7Cl2NO2S. The molecule has 0 unspecified atom stereocenters. The molecule has 0 radical (unpaired) electrons. The molecule has 0 spiro atoms. The number of halogens is 2. The molecule has 0 saturated carbocycles. The van der Waals surface area contributed by atoms with Crippen molar-refractivity contribution >= 4 is 41.8 Å². The summed E-state index contributed by atoms with van der Waals surface area (Å²) in [7, 11) is 0. The van der Waals surface area contributed by atoms with Crippen molar-refractivity contribution in [1.29, 1.82) is 0 Å². The number of carboxylic acid groups (broad SMARTS) is 1. The summed E-state index contributed by atoms with van der Waals surface area (Å²) in [6.07, 6.45) is 0. The first-order valence-electron chi connectivity index (χ1n) is 2.58. The third kappa shape index (κ3) is 2.27. The normalized spacial score (nSPS) is 17.6. The van der Waals surface area contributed by atoms with Crippen LogP contribution in [0.15, 0.2) is 10.6 Å². The third-order valence-corrected chi connectivity index (χ3v) is 2.43. The first kappa shape index (κ1) is 11.1. The van der Waals surface area contributed by atoms with Gasteiger partial charge in [0.2, 0.25) is 0 Å². The number of nitrogens with two attached hydrogens (primary N) is 1. The summed E-state index contributed by atoms with van der Waals surface area (Å²) < 4.78 is 0. The fourth-order valence-corrected chi connectivity index (χ4v) is 1.08. The highest BCUT2D eigenvalue weighted by molar-refractivity contribution is 7.80. The average Bonchev–Trinajstić information content (AvgIpc) is 2.01. The summed E-state index contributed by atoms with van der Waals surface area (Å²) in [5.74, 6) is -1.36. The molecule has 64 valence electrons. The lowest BCUT2D eigenvalue weighted by molar-refractivity contribution is -0.140. The SMILES string of the molecule is N[C@@](CS)(C(=O)O)C(Cl)=CCl. The van der Waals surface area contributed by atoms with E-state index in [0.29, 0.717) is 0 Å². The molecule has 0 saturated heterocycles. The summed E-state index contributed by atoms with van der Waals surface area (Å²) >= 11 is 14.4. The van der Waals surface area contributed by atoms with Gasteiger partial charge in [-0.1, -0.05) is 23.2 Å². The number of hydrogen-bond donors (Lipinski definition) is 3. The van der Waals surface area contributed by atoms with Crippen LogP contribution in [0.4, 0.5) is 0 Å². The van der Waals surface area contributed by atoms with Gasteiger partial charge >= 0.3 is 5.97 Å². The van der Waals surface area contributed by atoms with E-state index in [1.165, 1.54) is 0 Å². The predicted octanol–water partition coefficient (Wildman–Crippen LogP) is 1.02. The molecule has 0 fully saturated rings. The van der Waals surface area contributed by atoms with Gasteiger partial charge in [0, 0.05) is 11.3 Å². The third-order valence-electron chi connectivity index (χ3n) is 1.15. The van der Waals surface area contributed by atoms with Gasteiger partial charge in [0.25, 0.3) is 0 Å². The van der Waals surface area contributed by atoms with E-state index in [1.54, 1.807) is 0 Å². The molecule has 0 aromatic rings. The summed E-state index contributed by atoms with van der Waals surface area (Å²) in [4.78, 5) is 10.5. The van der Waals surface area contributed by atoms with Gasteiger partial charge in [-0.15, -0.1) is 0 Å². The number of hydrogen-bond acceptors (Lipinski definition) is 3. The van der Waals surface area contributed by atoms with Crippen molar-refractivity contribution < 1.29 is 9.90 Å². The highest BCUT2D eigenvalue weighted by Crippen LogP contribution is 2.20. The zero-order chi connectivity index (χ0) is 9.07. The van der Waals surface area contributed by atoms with E-state index in [2.05, 4.69) is 12.6 Å². The number of rotatable bonds is 3. The lowest BCUT2D eigenvalue weighted by Crippen LogP contribution is -2.50. The summed E-state index contributed by atoms with van der Waals surface area (Å²) in [5, 5.41) is 8.44. The smallest absolute Gasteiger partial charge is 0.330 e. The molecule has 0 rings (SSSR count). The topological polar surface area (TPSA) is 63.3 Å². The van der Waals surface area contributed by atoms with Crippen LogP contribution in [0.2, 0.25) is 0 Å². The van der Waals surface area contributed by atoms with Gasteiger partial charge in [-0.25, -0.2) is 4.79 Å². The maximum Gasteiger partial charge on any atom is 0.330 e. The van der Waals surface area contributed by atoms with Crippen LogP contribution in [0.1, 0.15) is 0 Å². The predicted molar refractivity (Wildman–Crippen MR) is 48.2 cm³/mol. The Labute approximate surface area is 79.6 Å². The van der Waals surface area contributed by atoms with Crippen molar-refractivity contribution in [3.8, 4) is 0 Å². The highest BCUT2D eigenvalue weighted by atomic mass is 35.5. The van der Waals surface area contributed by atoms with E-state index >= 15 is 0 Å². The summed E-state index contributed by atoms with van der Waals surface area (Å²) in [6, 6.07) is 0. The molecule has 11 heavy (non-hydrogen) atoms. The zero-order valence-electron chi connectivity index (χ0n) is 5.42. The monoisotopic (exact) mass is 215 g/mol. The van der Waals surface area contributed by atoms with Crippen molar-refractivity contribution in [3.63, 3.8) is 0 Å². The lowest BCUT2D eigenvalue weighted by Gasteiger charge is -2.20. The largest absolute Gasteiger partial charge is 0.480 e. The van der Waals surface area contributed by atoms with E-state index < -0.39 is 11.5 Å². The van der Waals surface area contributed by atoms with Gasteiger partial charge in [-0.3, -0.25) is 0 Å². The zero-order valence-corrected chi connectivity index (χ0v) is 7.83. The molecule has 0 aromatic carbocycles. The lowest BCUT2D eigenvalue weighted by atomic mass is 10.1. The van der Waals surface area contributed by atoms with Crippen LogP contribution in [-0.2, 0) is 4.79 Å². The Balaban J connectivity index is 4.75. The molecule has 0 bridgehead atoms. The second-order valence-electron chi connectivity index (χ2n) is 1.89. The van der Waals surface area contributed by atoms with Gasteiger partial charge in [-0.05, 0) is 0 Å².